The topological polar surface area (TPSA) is 114 Å². The predicted molar refractivity (Wildman–Crippen MR) is 65.2 cm³/mol. The van der Waals surface area contributed by atoms with Gasteiger partial charge in [0.15, 0.2) is 5.69 Å². The monoisotopic (exact) mass is 280 g/mol. The van der Waals surface area contributed by atoms with E-state index in [4.69, 9.17) is 13.9 Å². The van der Waals surface area contributed by atoms with Crippen LogP contribution in [0.1, 0.15) is 33.7 Å². The zero-order valence-corrected chi connectivity index (χ0v) is 10.6. The van der Waals surface area contributed by atoms with E-state index in [9.17, 15) is 14.4 Å². The molecule has 0 spiro atoms. The first-order valence-electron chi connectivity index (χ1n) is 5.80. The lowest BCUT2D eigenvalue weighted by Gasteiger charge is -2.04. The van der Waals surface area contributed by atoms with Crippen molar-refractivity contribution in [1.29, 1.82) is 0 Å². The lowest BCUT2D eigenvalue weighted by Crippen LogP contribution is -2.11. The molecule has 8 heteroatoms. The molecule has 0 radical (unpaired) electrons. The Morgan fingerprint density at radius 1 is 1.25 bits per heavy atom. The lowest BCUT2D eigenvalue weighted by atomic mass is 10.3. The fraction of sp³-hybridized carbons (Fsp3) is 0.250. The van der Waals surface area contributed by atoms with E-state index in [1.165, 1.54) is 12.3 Å². The highest BCUT2D eigenvalue weighted by molar-refractivity contribution is 5.89. The summed E-state index contributed by atoms with van der Waals surface area (Å²) >= 11 is 0. The molecule has 0 aliphatic rings. The second-order valence-electron chi connectivity index (χ2n) is 3.71. The van der Waals surface area contributed by atoms with Gasteiger partial charge in [-0.3, -0.25) is 4.98 Å². The van der Waals surface area contributed by atoms with Crippen LogP contribution in [0, 0.1) is 0 Å². The minimum Gasteiger partial charge on any atom is -0.461 e. The third-order valence-electron chi connectivity index (χ3n) is 2.35. The van der Waals surface area contributed by atoms with Gasteiger partial charge in [0, 0.05) is 0 Å². The second-order valence-corrected chi connectivity index (χ2v) is 3.71. The van der Waals surface area contributed by atoms with Crippen LogP contribution in [0.5, 0.6) is 0 Å². The van der Waals surface area contributed by atoms with Crippen LogP contribution in [0.4, 0.5) is 0 Å². The Kier molecular flexibility index (Phi) is 4.04. The predicted octanol–water partition coefficient (Wildman–Crippen LogP) is 0.830. The van der Waals surface area contributed by atoms with Crippen LogP contribution >= 0.6 is 0 Å². The number of hydrogen-bond acceptors (Lipinski definition) is 6. The van der Waals surface area contributed by atoms with Gasteiger partial charge in [0.2, 0.25) is 5.76 Å². The van der Waals surface area contributed by atoms with Crippen LogP contribution in [-0.4, -0.2) is 28.5 Å². The Balaban J connectivity index is 2.08. The van der Waals surface area contributed by atoms with E-state index in [1.807, 2.05) is 0 Å². The maximum atomic E-state index is 11.6. The molecule has 2 aromatic rings. The summed E-state index contributed by atoms with van der Waals surface area (Å²) in [7, 11) is 0. The number of ether oxygens (including phenoxy) is 2. The molecule has 8 nitrogen and oxygen atoms in total. The van der Waals surface area contributed by atoms with Crippen molar-refractivity contribution < 1.29 is 23.5 Å². The molecule has 0 aromatic carbocycles. The summed E-state index contributed by atoms with van der Waals surface area (Å²) in [5.41, 5.74) is -0.519. The number of rotatable bonds is 5. The van der Waals surface area contributed by atoms with Crippen LogP contribution < -0.4 is 5.69 Å². The Hall–Kier alpha value is -2.77. The minimum atomic E-state index is -0.702. The first-order valence-corrected chi connectivity index (χ1v) is 5.80. The first kappa shape index (κ1) is 13.7. The molecule has 0 unspecified atom stereocenters. The Morgan fingerprint density at radius 3 is 2.70 bits per heavy atom. The molecular formula is C12H12N2O6. The highest BCUT2D eigenvalue weighted by Gasteiger charge is 2.18. The van der Waals surface area contributed by atoms with Gasteiger partial charge in [-0.05, 0) is 19.1 Å². The van der Waals surface area contributed by atoms with E-state index >= 15 is 0 Å². The number of hydrogen-bond donors (Lipinski definition) is 2. The van der Waals surface area contributed by atoms with Gasteiger partial charge in [0.1, 0.15) is 6.61 Å². The van der Waals surface area contributed by atoms with Crippen LogP contribution in [0.2, 0.25) is 0 Å². The van der Waals surface area contributed by atoms with Crippen LogP contribution in [-0.2, 0) is 16.1 Å². The average Bonchev–Trinajstić information content (AvgIpc) is 3.05. The number of H-pyrrole nitrogens is 2. The Bertz CT molecular complexity index is 652. The summed E-state index contributed by atoms with van der Waals surface area (Å²) in [5.74, 6) is -1.37. The normalized spacial score (nSPS) is 10.2. The van der Waals surface area contributed by atoms with Gasteiger partial charge in [0.25, 0.3) is 0 Å². The molecule has 0 aliphatic heterocycles. The summed E-state index contributed by atoms with van der Waals surface area (Å²) in [6, 6.07) is 2.98. The molecule has 2 aromatic heterocycles. The van der Waals surface area contributed by atoms with Crippen molar-refractivity contribution in [3.63, 3.8) is 0 Å². The molecule has 20 heavy (non-hydrogen) atoms. The summed E-state index contributed by atoms with van der Waals surface area (Å²) in [6.07, 6.45) is 1.33. The molecule has 0 bridgehead atoms. The highest BCUT2D eigenvalue weighted by Crippen LogP contribution is 2.08. The SMILES string of the molecule is CCOC(=O)c1[nH]c(=O)[nH]c1COC(=O)c1ccco1. The number of carbonyl (C=O) groups is 2. The van der Waals surface area contributed by atoms with Crippen LogP contribution in [0.15, 0.2) is 27.6 Å². The second kappa shape index (κ2) is 5.91. The van der Waals surface area contributed by atoms with E-state index < -0.39 is 17.6 Å². The van der Waals surface area contributed by atoms with Crippen LogP contribution in [0.3, 0.4) is 0 Å². The fourth-order valence-corrected chi connectivity index (χ4v) is 1.51. The molecule has 0 atom stereocenters. The molecule has 0 aliphatic carbocycles. The van der Waals surface area contributed by atoms with Gasteiger partial charge in [-0.1, -0.05) is 0 Å². The average molecular weight is 280 g/mol. The van der Waals surface area contributed by atoms with E-state index in [0.717, 1.165) is 0 Å². The van der Waals surface area contributed by atoms with Gasteiger partial charge >= 0.3 is 17.6 Å². The zero-order valence-electron chi connectivity index (χ0n) is 10.6. The third-order valence-corrected chi connectivity index (χ3v) is 2.35. The summed E-state index contributed by atoms with van der Waals surface area (Å²) in [6.45, 7) is 1.52. The largest absolute Gasteiger partial charge is 0.461 e. The fourth-order valence-electron chi connectivity index (χ4n) is 1.51. The summed E-state index contributed by atoms with van der Waals surface area (Å²) in [5, 5.41) is 0. The van der Waals surface area contributed by atoms with Crippen molar-refractivity contribution in [2.45, 2.75) is 13.5 Å². The molecule has 0 saturated carbocycles. The third kappa shape index (κ3) is 2.97. The van der Waals surface area contributed by atoms with Gasteiger partial charge in [-0.15, -0.1) is 0 Å². The van der Waals surface area contributed by atoms with Crippen molar-refractivity contribution >= 4 is 11.9 Å². The molecule has 106 valence electrons. The Labute approximate surface area is 112 Å². The van der Waals surface area contributed by atoms with E-state index in [1.54, 1.807) is 13.0 Å². The maximum Gasteiger partial charge on any atom is 0.374 e. The van der Waals surface area contributed by atoms with Crippen molar-refractivity contribution in [2.75, 3.05) is 6.61 Å². The van der Waals surface area contributed by atoms with Gasteiger partial charge in [0.05, 0.1) is 18.6 Å². The van der Waals surface area contributed by atoms with E-state index in [-0.39, 0.29) is 30.4 Å². The molecule has 2 N–H and O–H groups in total. The Morgan fingerprint density at radius 2 is 2.05 bits per heavy atom. The molecule has 0 fully saturated rings. The number of carbonyl (C=O) groups excluding carboxylic acids is 2. The quantitative estimate of drug-likeness (QED) is 0.784. The van der Waals surface area contributed by atoms with E-state index in [2.05, 4.69) is 9.97 Å². The molecule has 0 saturated heterocycles. The smallest absolute Gasteiger partial charge is 0.374 e. The number of nitrogens with one attached hydrogen (secondary N) is 2. The number of aromatic amines is 2. The van der Waals surface area contributed by atoms with Crippen molar-refractivity contribution in [3.05, 3.63) is 46.0 Å². The summed E-state index contributed by atoms with van der Waals surface area (Å²) in [4.78, 5) is 39.0. The number of imidazole rings is 1. The van der Waals surface area contributed by atoms with Crippen molar-refractivity contribution in [3.8, 4) is 0 Å². The van der Waals surface area contributed by atoms with Gasteiger partial charge in [-0.2, -0.15) is 0 Å². The molecule has 2 heterocycles. The number of aromatic nitrogens is 2. The highest BCUT2D eigenvalue weighted by atomic mass is 16.5. The standard InChI is InChI=1S/C12H12N2O6/c1-2-18-11(16)9-7(13-12(17)14-9)6-20-10(15)8-4-3-5-19-8/h3-5H,2,6H2,1H3,(H2,13,14,17). The molecule has 0 amide bonds. The number of furan rings is 1. The van der Waals surface area contributed by atoms with Crippen molar-refractivity contribution in [1.82, 2.24) is 9.97 Å². The zero-order chi connectivity index (χ0) is 14.5. The summed E-state index contributed by atoms with van der Waals surface area (Å²) < 4.78 is 14.6. The minimum absolute atomic E-state index is 0.0283. The van der Waals surface area contributed by atoms with Crippen molar-refractivity contribution in [2.24, 2.45) is 0 Å². The lowest BCUT2D eigenvalue weighted by molar-refractivity contribution is 0.0414. The molecule has 2 rings (SSSR count). The van der Waals surface area contributed by atoms with E-state index in [0.29, 0.717) is 0 Å². The van der Waals surface area contributed by atoms with Gasteiger partial charge < -0.3 is 18.9 Å². The maximum absolute atomic E-state index is 11.6. The van der Waals surface area contributed by atoms with Gasteiger partial charge in [-0.25, -0.2) is 14.4 Å². The first-order chi connectivity index (χ1) is 9.61. The molecular weight excluding hydrogens is 268 g/mol. The van der Waals surface area contributed by atoms with Crippen LogP contribution in [0.25, 0.3) is 0 Å². The number of esters is 2.